The van der Waals surface area contributed by atoms with Crippen LogP contribution in [0.2, 0.25) is 0 Å². The van der Waals surface area contributed by atoms with Gasteiger partial charge in [-0.1, -0.05) is 19.3 Å². The van der Waals surface area contributed by atoms with Gasteiger partial charge in [-0.3, -0.25) is 4.98 Å². The van der Waals surface area contributed by atoms with Gasteiger partial charge in [0.2, 0.25) is 0 Å². The number of nitrogen functional groups attached to an aromatic ring is 1. The normalized spacial score (nSPS) is 16.7. The van der Waals surface area contributed by atoms with Gasteiger partial charge in [0, 0.05) is 30.4 Å². The summed E-state index contributed by atoms with van der Waals surface area (Å²) in [6.07, 6.45) is 8.49. The number of nitrogens with two attached hydrogens (primary N) is 1. The second-order valence-electron chi connectivity index (χ2n) is 5.48. The molecule has 1 aromatic heterocycles. The van der Waals surface area contributed by atoms with Crippen LogP contribution in [-0.4, -0.2) is 18.1 Å². The fraction of sp³-hybridized carbons (Fsp3) is 0.438. The number of rotatable bonds is 2. The average Bonchev–Trinajstić information content (AvgIpc) is 2.48. The molecule has 0 radical (unpaired) electrons. The van der Waals surface area contributed by atoms with E-state index in [4.69, 9.17) is 5.73 Å². The van der Waals surface area contributed by atoms with Crippen LogP contribution >= 0.6 is 0 Å². The van der Waals surface area contributed by atoms with Crippen LogP contribution in [0.5, 0.6) is 0 Å². The largest absolute Gasteiger partial charge is 0.398 e. The average molecular weight is 255 g/mol. The highest BCUT2D eigenvalue weighted by atomic mass is 15.1. The summed E-state index contributed by atoms with van der Waals surface area (Å²) in [4.78, 5) is 6.93. The molecule has 3 rings (SSSR count). The number of hydrogen-bond acceptors (Lipinski definition) is 3. The zero-order valence-electron chi connectivity index (χ0n) is 11.5. The van der Waals surface area contributed by atoms with Crippen molar-refractivity contribution in [1.82, 2.24) is 4.98 Å². The molecular formula is C16H21N3. The Morgan fingerprint density at radius 3 is 2.74 bits per heavy atom. The minimum Gasteiger partial charge on any atom is -0.398 e. The summed E-state index contributed by atoms with van der Waals surface area (Å²) in [6, 6.07) is 8.75. The molecule has 3 nitrogen and oxygen atoms in total. The van der Waals surface area contributed by atoms with Gasteiger partial charge in [0.15, 0.2) is 0 Å². The highest BCUT2D eigenvalue weighted by Gasteiger charge is 2.20. The van der Waals surface area contributed by atoms with Gasteiger partial charge in [-0.05, 0) is 37.1 Å². The SMILES string of the molecule is CN(c1ccc(N)c2cccnc12)C1CCCCC1. The minimum atomic E-state index is 0.641. The van der Waals surface area contributed by atoms with Crippen LogP contribution in [0, 0.1) is 0 Å². The van der Waals surface area contributed by atoms with E-state index in [0.29, 0.717) is 6.04 Å². The highest BCUT2D eigenvalue weighted by Crippen LogP contribution is 2.32. The lowest BCUT2D eigenvalue weighted by molar-refractivity contribution is 0.428. The molecule has 0 aliphatic heterocycles. The lowest BCUT2D eigenvalue weighted by atomic mass is 9.94. The Hall–Kier alpha value is -1.77. The third-order valence-electron chi connectivity index (χ3n) is 4.28. The van der Waals surface area contributed by atoms with E-state index in [1.807, 2.05) is 18.3 Å². The molecule has 100 valence electrons. The van der Waals surface area contributed by atoms with Gasteiger partial charge in [0.05, 0.1) is 11.2 Å². The van der Waals surface area contributed by atoms with Crippen LogP contribution in [0.15, 0.2) is 30.5 Å². The van der Waals surface area contributed by atoms with E-state index in [1.54, 1.807) is 0 Å². The van der Waals surface area contributed by atoms with Crippen LogP contribution in [0.1, 0.15) is 32.1 Å². The molecule has 1 fully saturated rings. The Balaban J connectivity index is 2.02. The van der Waals surface area contributed by atoms with Crippen molar-refractivity contribution in [2.75, 3.05) is 17.7 Å². The molecule has 19 heavy (non-hydrogen) atoms. The van der Waals surface area contributed by atoms with Crippen molar-refractivity contribution in [1.29, 1.82) is 0 Å². The fourth-order valence-electron chi connectivity index (χ4n) is 3.13. The van der Waals surface area contributed by atoms with Gasteiger partial charge in [0.1, 0.15) is 0 Å². The Labute approximate surface area is 114 Å². The maximum Gasteiger partial charge on any atom is 0.0955 e. The Morgan fingerprint density at radius 1 is 1.16 bits per heavy atom. The first-order valence-electron chi connectivity index (χ1n) is 7.13. The van der Waals surface area contributed by atoms with Crippen LogP contribution in [0.25, 0.3) is 10.9 Å². The number of aromatic nitrogens is 1. The van der Waals surface area contributed by atoms with Gasteiger partial charge in [-0.15, -0.1) is 0 Å². The molecule has 1 heterocycles. The van der Waals surface area contributed by atoms with Crippen molar-refractivity contribution < 1.29 is 0 Å². The van der Waals surface area contributed by atoms with Crippen LogP contribution in [0.4, 0.5) is 11.4 Å². The predicted octanol–water partition coefficient (Wildman–Crippen LogP) is 3.59. The highest BCUT2D eigenvalue weighted by molar-refractivity contribution is 5.98. The number of fused-ring (bicyclic) bond motifs is 1. The third-order valence-corrected chi connectivity index (χ3v) is 4.28. The Kier molecular flexibility index (Phi) is 3.28. The quantitative estimate of drug-likeness (QED) is 0.834. The summed E-state index contributed by atoms with van der Waals surface area (Å²) in [5.74, 6) is 0. The smallest absolute Gasteiger partial charge is 0.0955 e. The summed E-state index contributed by atoms with van der Waals surface area (Å²) in [5.41, 5.74) is 9.08. The maximum atomic E-state index is 6.05. The van der Waals surface area contributed by atoms with E-state index < -0.39 is 0 Å². The number of benzene rings is 1. The molecule has 0 atom stereocenters. The molecule has 0 amide bonds. The Bertz CT molecular complexity index is 573. The van der Waals surface area contributed by atoms with E-state index in [1.165, 1.54) is 37.8 Å². The van der Waals surface area contributed by atoms with Gasteiger partial charge < -0.3 is 10.6 Å². The number of pyridine rings is 1. The number of anilines is 2. The predicted molar refractivity (Wildman–Crippen MR) is 81.4 cm³/mol. The zero-order chi connectivity index (χ0) is 13.2. The lowest BCUT2D eigenvalue weighted by Crippen LogP contribution is -2.33. The fourth-order valence-corrected chi connectivity index (χ4v) is 3.13. The number of nitrogens with zero attached hydrogens (tertiary/aromatic N) is 2. The Morgan fingerprint density at radius 2 is 1.95 bits per heavy atom. The summed E-state index contributed by atoms with van der Waals surface area (Å²) < 4.78 is 0. The molecule has 2 N–H and O–H groups in total. The molecule has 3 heteroatoms. The molecule has 1 aromatic carbocycles. The van der Waals surface area contributed by atoms with Crippen molar-refractivity contribution in [3.05, 3.63) is 30.5 Å². The standard InChI is InChI=1S/C16H21N3/c1-19(12-6-3-2-4-7-12)15-10-9-14(17)13-8-5-11-18-16(13)15/h5,8-12H,2-4,6-7,17H2,1H3. The molecule has 0 spiro atoms. The molecule has 0 saturated heterocycles. The molecule has 0 unspecified atom stereocenters. The summed E-state index contributed by atoms with van der Waals surface area (Å²) in [6.45, 7) is 0. The molecule has 1 aliphatic rings. The van der Waals surface area contributed by atoms with E-state index in [0.717, 1.165) is 16.6 Å². The van der Waals surface area contributed by atoms with Gasteiger partial charge in [-0.25, -0.2) is 0 Å². The van der Waals surface area contributed by atoms with Crippen LogP contribution in [0.3, 0.4) is 0 Å². The van der Waals surface area contributed by atoms with E-state index in [2.05, 4.69) is 29.1 Å². The molecule has 2 aromatic rings. The first-order valence-corrected chi connectivity index (χ1v) is 7.13. The van der Waals surface area contributed by atoms with Crippen LogP contribution in [-0.2, 0) is 0 Å². The molecule has 0 bridgehead atoms. The van der Waals surface area contributed by atoms with Crippen molar-refractivity contribution in [2.24, 2.45) is 0 Å². The topological polar surface area (TPSA) is 42.1 Å². The maximum absolute atomic E-state index is 6.05. The second-order valence-corrected chi connectivity index (χ2v) is 5.48. The van der Waals surface area contributed by atoms with E-state index >= 15 is 0 Å². The minimum absolute atomic E-state index is 0.641. The van der Waals surface area contributed by atoms with Crippen molar-refractivity contribution in [2.45, 2.75) is 38.1 Å². The zero-order valence-corrected chi connectivity index (χ0v) is 11.5. The second kappa shape index (κ2) is 5.08. The van der Waals surface area contributed by atoms with Crippen LogP contribution < -0.4 is 10.6 Å². The first kappa shape index (κ1) is 12.3. The van der Waals surface area contributed by atoms with Gasteiger partial charge in [0.25, 0.3) is 0 Å². The molecule has 1 saturated carbocycles. The van der Waals surface area contributed by atoms with Crippen molar-refractivity contribution in [3.63, 3.8) is 0 Å². The summed E-state index contributed by atoms with van der Waals surface area (Å²) in [7, 11) is 2.19. The van der Waals surface area contributed by atoms with Crippen molar-refractivity contribution >= 4 is 22.3 Å². The van der Waals surface area contributed by atoms with Crippen molar-refractivity contribution in [3.8, 4) is 0 Å². The monoisotopic (exact) mass is 255 g/mol. The van der Waals surface area contributed by atoms with E-state index in [-0.39, 0.29) is 0 Å². The lowest BCUT2D eigenvalue weighted by Gasteiger charge is -2.33. The first-order chi connectivity index (χ1) is 9.27. The van der Waals surface area contributed by atoms with E-state index in [9.17, 15) is 0 Å². The van der Waals surface area contributed by atoms with Gasteiger partial charge in [-0.2, -0.15) is 0 Å². The summed E-state index contributed by atoms with van der Waals surface area (Å²) in [5, 5.41) is 1.06. The number of hydrogen-bond donors (Lipinski definition) is 1. The third kappa shape index (κ3) is 2.25. The summed E-state index contributed by atoms with van der Waals surface area (Å²) >= 11 is 0. The molecule has 1 aliphatic carbocycles. The van der Waals surface area contributed by atoms with Gasteiger partial charge >= 0.3 is 0 Å². The molecular weight excluding hydrogens is 234 g/mol.